The van der Waals surface area contributed by atoms with Crippen LogP contribution in [0.2, 0.25) is 0 Å². The standard InChI is InChI=1S/C32H40F2N4O5/c1-31(2,3)42-29(40)37-13-11-21(12-14-37)22-7-9-24(25(33)19-22)28(39)35-23-8-10-27(26(34)20-23)36-15-17-38(18-16-36)30(41)43-32(4,5)6/h7-11,19-20H,12-18H2,1-6H3,(H,35,39). The van der Waals surface area contributed by atoms with E-state index in [2.05, 4.69) is 5.32 Å². The minimum atomic E-state index is -0.703. The fourth-order valence-electron chi connectivity index (χ4n) is 4.82. The van der Waals surface area contributed by atoms with E-state index in [4.69, 9.17) is 9.47 Å². The molecule has 2 heterocycles. The molecule has 2 aromatic carbocycles. The van der Waals surface area contributed by atoms with Gasteiger partial charge in [0.1, 0.15) is 22.8 Å². The second-order valence-electron chi connectivity index (χ2n) is 12.7. The minimum absolute atomic E-state index is 0.168. The predicted octanol–water partition coefficient (Wildman–Crippen LogP) is 6.30. The summed E-state index contributed by atoms with van der Waals surface area (Å²) in [5.74, 6) is -1.94. The molecule has 0 spiro atoms. The van der Waals surface area contributed by atoms with Crippen molar-refractivity contribution in [3.8, 4) is 0 Å². The molecule has 2 aromatic rings. The van der Waals surface area contributed by atoms with E-state index in [1.165, 1.54) is 18.2 Å². The fraction of sp³-hybridized carbons (Fsp3) is 0.469. The SMILES string of the molecule is CC(C)(C)OC(=O)N1CC=C(c2ccc(C(=O)Nc3ccc(N4CCN(C(=O)OC(C)(C)C)CC4)c(F)c3)c(F)c2)CC1. The second kappa shape index (κ2) is 12.6. The highest BCUT2D eigenvalue weighted by molar-refractivity contribution is 6.04. The van der Waals surface area contributed by atoms with Crippen molar-refractivity contribution in [2.24, 2.45) is 0 Å². The number of nitrogens with one attached hydrogen (secondary N) is 1. The van der Waals surface area contributed by atoms with Crippen LogP contribution in [0.25, 0.3) is 5.57 Å². The van der Waals surface area contributed by atoms with Gasteiger partial charge in [0, 0.05) is 45.0 Å². The van der Waals surface area contributed by atoms with Gasteiger partial charge in [0.2, 0.25) is 0 Å². The Labute approximate surface area is 251 Å². The van der Waals surface area contributed by atoms with Gasteiger partial charge in [-0.25, -0.2) is 18.4 Å². The van der Waals surface area contributed by atoms with E-state index in [9.17, 15) is 14.4 Å². The molecule has 0 unspecified atom stereocenters. The lowest BCUT2D eigenvalue weighted by atomic mass is 9.98. The molecule has 43 heavy (non-hydrogen) atoms. The zero-order chi connectivity index (χ0) is 31.5. The highest BCUT2D eigenvalue weighted by Crippen LogP contribution is 2.27. The highest BCUT2D eigenvalue weighted by atomic mass is 19.1. The summed E-state index contributed by atoms with van der Waals surface area (Å²) >= 11 is 0. The first kappa shape index (κ1) is 31.8. The lowest BCUT2D eigenvalue weighted by Crippen LogP contribution is -2.50. The fourth-order valence-corrected chi connectivity index (χ4v) is 4.82. The Hall–Kier alpha value is -4.15. The van der Waals surface area contributed by atoms with Gasteiger partial charge in [0.15, 0.2) is 0 Å². The Morgan fingerprint density at radius 2 is 1.40 bits per heavy atom. The summed E-state index contributed by atoms with van der Waals surface area (Å²) in [6, 6.07) is 8.67. The molecule has 0 atom stereocenters. The van der Waals surface area contributed by atoms with E-state index >= 15 is 8.78 Å². The molecule has 2 aliphatic heterocycles. The van der Waals surface area contributed by atoms with Crippen molar-refractivity contribution in [2.45, 2.75) is 59.2 Å². The van der Waals surface area contributed by atoms with Gasteiger partial charge in [-0.2, -0.15) is 0 Å². The van der Waals surface area contributed by atoms with Crippen LogP contribution in [0.4, 0.5) is 29.7 Å². The third-order valence-electron chi connectivity index (χ3n) is 6.92. The second-order valence-corrected chi connectivity index (χ2v) is 12.7. The van der Waals surface area contributed by atoms with Crippen molar-refractivity contribution in [3.05, 3.63) is 65.2 Å². The summed E-state index contributed by atoms with van der Waals surface area (Å²) in [4.78, 5) is 42.5. The number of hydrogen-bond acceptors (Lipinski definition) is 6. The molecule has 232 valence electrons. The topological polar surface area (TPSA) is 91.4 Å². The van der Waals surface area contributed by atoms with E-state index in [1.807, 2.05) is 11.0 Å². The van der Waals surface area contributed by atoms with E-state index in [0.717, 1.165) is 5.57 Å². The van der Waals surface area contributed by atoms with Crippen LogP contribution < -0.4 is 10.2 Å². The van der Waals surface area contributed by atoms with Crippen molar-refractivity contribution >= 4 is 35.0 Å². The van der Waals surface area contributed by atoms with Crippen molar-refractivity contribution in [2.75, 3.05) is 49.5 Å². The molecule has 2 aliphatic rings. The highest BCUT2D eigenvalue weighted by Gasteiger charge is 2.27. The number of halogens is 2. The zero-order valence-electron chi connectivity index (χ0n) is 25.6. The molecule has 3 amide bonds. The molecular weight excluding hydrogens is 558 g/mol. The van der Waals surface area contributed by atoms with Crippen LogP contribution in [0.1, 0.15) is 63.9 Å². The Balaban J connectivity index is 1.34. The number of rotatable bonds is 4. The van der Waals surface area contributed by atoms with Gasteiger partial charge in [0.25, 0.3) is 5.91 Å². The average molecular weight is 599 g/mol. The van der Waals surface area contributed by atoms with E-state index in [0.29, 0.717) is 56.9 Å². The van der Waals surface area contributed by atoms with Crippen molar-refractivity contribution in [1.82, 2.24) is 9.80 Å². The number of carbonyl (C=O) groups excluding carboxylic acids is 3. The number of benzene rings is 2. The van der Waals surface area contributed by atoms with Crippen LogP contribution in [0.3, 0.4) is 0 Å². The molecule has 9 nitrogen and oxygen atoms in total. The lowest BCUT2D eigenvalue weighted by Gasteiger charge is -2.36. The Kier molecular flexibility index (Phi) is 9.32. The van der Waals surface area contributed by atoms with E-state index in [1.54, 1.807) is 69.5 Å². The number of ether oxygens (including phenoxy) is 2. The molecule has 1 fully saturated rings. The van der Waals surface area contributed by atoms with Gasteiger partial charge < -0.3 is 29.5 Å². The first-order valence-corrected chi connectivity index (χ1v) is 14.4. The van der Waals surface area contributed by atoms with Gasteiger partial charge in [0.05, 0.1) is 11.3 Å². The molecule has 4 rings (SSSR count). The van der Waals surface area contributed by atoms with Crippen LogP contribution in [-0.2, 0) is 9.47 Å². The monoisotopic (exact) mass is 598 g/mol. The first-order valence-electron chi connectivity index (χ1n) is 14.4. The molecule has 0 bridgehead atoms. The molecular formula is C32H40F2N4O5. The summed E-state index contributed by atoms with van der Waals surface area (Å²) in [6.45, 7) is 13.2. The van der Waals surface area contributed by atoms with Crippen LogP contribution in [-0.4, -0.2) is 78.4 Å². The van der Waals surface area contributed by atoms with Crippen molar-refractivity contribution in [3.63, 3.8) is 0 Å². The average Bonchev–Trinajstić information content (AvgIpc) is 2.91. The Morgan fingerprint density at radius 3 is 1.93 bits per heavy atom. The van der Waals surface area contributed by atoms with Crippen LogP contribution in [0.5, 0.6) is 0 Å². The Bertz CT molecular complexity index is 1410. The van der Waals surface area contributed by atoms with Gasteiger partial charge in [-0.3, -0.25) is 4.79 Å². The number of nitrogens with zero attached hydrogens (tertiary/aromatic N) is 3. The predicted molar refractivity (Wildman–Crippen MR) is 161 cm³/mol. The third kappa shape index (κ3) is 8.46. The number of amides is 3. The van der Waals surface area contributed by atoms with Crippen LogP contribution in [0, 0.1) is 11.6 Å². The minimum Gasteiger partial charge on any atom is -0.444 e. The summed E-state index contributed by atoms with van der Waals surface area (Å²) in [5.41, 5.74) is 0.691. The Morgan fingerprint density at radius 1 is 0.767 bits per heavy atom. The third-order valence-corrected chi connectivity index (χ3v) is 6.92. The molecule has 0 saturated carbocycles. The van der Waals surface area contributed by atoms with Crippen molar-refractivity contribution in [1.29, 1.82) is 0 Å². The summed E-state index contributed by atoms with van der Waals surface area (Å²) < 4.78 is 40.9. The van der Waals surface area contributed by atoms with E-state index in [-0.39, 0.29) is 11.3 Å². The summed E-state index contributed by atoms with van der Waals surface area (Å²) in [7, 11) is 0. The zero-order valence-corrected chi connectivity index (χ0v) is 25.6. The molecule has 11 heteroatoms. The molecule has 1 N–H and O–H groups in total. The van der Waals surface area contributed by atoms with E-state index < -0.39 is 40.9 Å². The van der Waals surface area contributed by atoms with Gasteiger partial charge in [-0.15, -0.1) is 0 Å². The number of anilines is 2. The van der Waals surface area contributed by atoms with Crippen LogP contribution >= 0.6 is 0 Å². The number of piperazine rings is 1. The van der Waals surface area contributed by atoms with Gasteiger partial charge in [-0.05, 0) is 89.4 Å². The van der Waals surface area contributed by atoms with Crippen LogP contribution in [0.15, 0.2) is 42.5 Å². The molecule has 0 radical (unpaired) electrons. The summed E-state index contributed by atoms with van der Waals surface area (Å²) in [6.07, 6.45) is 1.58. The maximum Gasteiger partial charge on any atom is 0.410 e. The maximum atomic E-state index is 15.1. The maximum absolute atomic E-state index is 15.1. The number of hydrogen-bond donors (Lipinski definition) is 1. The van der Waals surface area contributed by atoms with Crippen molar-refractivity contribution < 1.29 is 32.6 Å². The first-order chi connectivity index (χ1) is 20.1. The molecule has 1 saturated heterocycles. The summed E-state index contributed by atoms with van der Waals surface area (Å²) in [5, 5.41) is 2.57. The molecule has 0 aliphatic carbocycles. The van der Waals surface area contributed by atoms with Gasteiger partial charge in [-0.1, -0.05) is 12.1 Å². The largest absolute Gasteiger partial charge is 0.444 e. The smallest absolute Gasteiger partial charge is 0.410 e. The lowest BCUT2D eigenvalue weighted by molar-refractivity contribution is 0.0237. The number of carbonyl (C=O) groups is 3. The van der Waals surface area contributed by atoms with Gasteiger partial charge >= 0.3 is 12.2 Å². The molecule has 0 aromatic heterocycles. The quantitative estimate of drug-likeness (QED) is 0.444. The normalized spacial score (nSPS) is 16.0.